The Labute approximate surface area is 125 Å². The van der Waals surface area contributed by atoms with Gasteiger partial charge >= 0.3 is 0 Å². The maximum Gasteiger partial charge on any atom is 0.0790 e. The monoisotopic (exact) mass is 282 g/mol. The van der Waals surface area contributed by atoms with Crippen LogP contribution in [0, 0.1) is 11.3 Å². The Bertz CT molecular complexity index is 349. The Balaban J connectivity index is 2.10. The Morgan fingerprint density at radius 2 is 1.75 bits per heavy atom. The third-order valence-corrected chi connectivity index (χ3v) is 5.32. The van der Waals surface area contributed by atoms with Gasteiger partial charge in [-0.2, -0.15) is 0 Å². The predicted molar refractivity (Wildman–Crippen MR) is 85.0 cm³/mol. The fourth-order valence-corrected chi connectivity index (χ4v) is 4.56. The molecule has 2 aliphatic heterocycles. The Kier molecular flexibility index (Phi) is 4.27. The van der Waals surface area contributed by atoms with Crippen LogP contribution in [-0.4, -0.2) is 48.8 Å². The lowest BCUT2D eigenvalue weighted by molar-refractivity contribution is -0.0804. The molecule has 118 valence electrons. The van der Waals surface area contributed by atoms with E-state index in [0.29, 0.717) is 17.4 Å². The van der Waals surface area contributed by atoms with Crippen molar-refractivity contribution in [2.75, 3.05) is 26.7 Å². The summed E-state index contributed by atoms with van der Waals surface area (Å²) in [6.45, 7) is 17.3. The van der Waals surface area contributed by atoms with Crippen LogP contribution in [0.25, 0.3) is 0 Å². The summed E-state index contributed by atoms with van der Waals surface area (Å²) in [7, 11) is 2.07. The van der Waals surface area contributed by atoms with Crippen LogP contribution in [0.5, 0.6) is 0 Å². The summed E-state index contributed by atoms with van der Waals surface area (Å²) in [6.07, 6.45) is 2.68. The van der Waals surface area contributed by atoms with Crippen molar-refractivity contribution in [1.29, 1.82) is 0 Å². The number of rotatable bonds is 3. The molecular formula is C17H34N2O. The van der Waals surface area contributed by atoms with E-state index in [4.69, 9.17) is 4.74 Å². The van der Waals surface area contributed by atoms with Crippen LogP contribution in [-0.2, 0) is 4.74 Å². The number of hydrogen-bond acceptors (Lipinski definition) is 3. The maximum absolute atomic E-state index is 6.36. The normalized spacial score (nSPS) is 36.1. The van der Waals surface area contributed by atoms with Gasteiger partial charge in [-0.15, -0.1) is 0 Å². The molecule has 0 aliphatic carbocycles. The SMILES string of the molecule is CNC1C(CN2CCCC(C)(C)C2)C(C)(C)OC1(C)C. The number of nitrogens with one attached hydrogen (secondary N) is 1. The summed E-state index contributed by atoms with van der Waals surface area (Å²) in [4.78, 5) is 2.66. The predicted octanol–water partition coefficient (Wildman–Crippen LogP) is 2.90. The summed E-state index contributed by atoms with van der Waals surface area (Å²) >= 11 is 0. The smallest absolute Gasteiger partial charge is 0.0790 e. The van der Waals surface area contributed by atoms with Crippen molar-refractivity contribution in [2.45, 2.75) is 71.6 Å². The van der Waals surface area contributed by atoms with Crippen molar-refractivity contribution in [1.82, 2.24) is 10.2 Å². The molecule has 20 heavy (non-hydrogen) atoms. The molecule has 0 amide bonds. The Morgan fingerprint density at radius 1 is 1.10 bits per heavy atom. The van der Waals surface area contributed by atoms with E-state index in [-0.39, 0.29) is 11.2 Å². The van der Waals surface area contributed by atoms with E-state index in [1.807, 2.05) is 0 Å². The molecule has 1 N–H and O–H groups in total. The van der Waals surface area contributed by atoms with E-state index >= 15 is 0 Å². The minimum absolute atomic E-state index is 0.0568. The van der Waals surface area contributed by atoms with Gasteiger partial charge < -0.3 is 15.0 Å². The van der Waals surface area contributed by atoms with Gasteiger partial charge in [0.1, 0.15) is 0 Å². The fourth-order valence-electron chi connectivity index (χ4n) is 4.56. The van der Waals surface area contributed by atoms with E-state index in [0.717, 1.165) is 6.54 Å². The second-order valence-electron chi connectivity index (χ2n) is 8.68. The summed E-state index contributed by atoms with van der Waals surface area (Å²) in [5, 5.41) is 3.52. The summed E-state index contributed by atoms with van der Waals surface area (Å²) in [5.41, 5.74) is 0.319. The molecule has 2 unspecified atom stereocenters. The van der Waals surface area contributed by atoms with Crippen LogP contribution in [0.2, 0.25) is 0 Å². The highest BCUT2D eigenvalue weighted by Gasteiger charge is 2.53. The number of hydrogen-bond donors (Lipinski definition) is 1. The van der Waals surface area contributed by atoms with Crippen molar-refractivity contribution in [3.63, 3.8) is 0 Å². The largest absolute Gasteiger partial charge is 0.368 e. The number of piperidine rings is 1. The number of likely N-dealkylation sites (N-methyl/N-ethyl adjacent to an activating group) is 1. The zero-order chi connectivity index (χ0) is 15.2. The van der Waals surface area contributed by atoms with Gasteiger partial charge in [-0.05, 0) is 59.5 Å². The summed E-state index contributed by atoms with van der Waals surface area (Å²) in [5.74, 6) is 0.538. The van der Waals surface area contributed by atoms with E-state index in [9.17, 15) is 0 Å². The van der Waals surface area contributed by atoms with Crippen LogP contribution in [0.3, 0.4) is 0 Å². The van der Waals surface area contributed by atoms with Gasteiger partial charge in [-0.1, -0.05) is 13.8 Å². The highest BCUT2D eigenvalue weighted by atomic mass is 16.5. The first kappa shape index (κ1) is 16.3. The molecule has 2 rings (SSSR count). The number of ether oxygens (including phenoxy) is 1. The van der Waals surface area contributed by atoms with Gasteiger partial charge in [0.15, 0.2) is 0 Å². The van der Waals surface area contributed by atoms with Gasteiger partial charge in [0, 0.05) is 25.0 Å². The molecule has 0 bridgehead atoms. The first-order valence-corrected chi connectivity index (χ1v) is 8.17. The van der Waals surface area contributed by atoms with Crippen molar-refractivity contribution in [3.05, 3.63) is 0 Å². The first-order chi connectivity index (χ1) is 9.07. The molecule has 0 radical (unpaired) electrons. The second kappa shape index (κ2) is 5.26. The van der Waals surface area contributed by atoms with Crippen LogP contribution in [0.1, 0.15) is 54.4 Å². The zero-order valence-corrected chi connectivity index (χ0v) is 14.5. The molecular weight excluding hydrogens is 248 g/mol. The van der Waals surface area contributed by atoms with Gasteiger partial charge in [0.25, 0.3) is 0 Å². The van der Waals surface area contributed by atoms with E-state index in [1.165, 1.54) is 25.9 Å². The molecule has 0 aromatic carbocycles. The lowest BCUT2D eigenvalue weighted by Crippen LogP contribution is -2.52. The number of likely N-dealkylation sites (tertiary alicyclic amines) is 1. The van der Waals surface area contributed by atoms with Crippen LogP contribution in [0.4, 0.5) is 0 Å². The highest BCUT2D eigenvalue weighted by Crippen LogP contribution is 2.43. The average Bonchev–Trinajstić information content (AvgIpc) is 2.42. The molecule has 3 nitrogen and oxygen atoms in total. The highest BCUT2D eigenvalue weighted by molar-refractivity contribution is 5.06. The molecule has 2 atom stereocenters. The maximum atomic E-state index is 6.36. The van der Waals surface area contributed by atoms with Gasteiger partial charge in [0.05, 0.1) is 11.2 Å². The molecule has 2 aliphatic rings. The zero-order valence-electron chi connectivity index (χ0n) is 14.5. The summed E-state index contributed by atoms with van der Waals surface area (Å²) in [6, 6.07) is 0.419. The van der Waals surface area contributed by atoms with E-state index in [2.05, 4.69) is 58.8 Å². The topological polar surface area (TPSA) is 24.5 Å². The molecule has 0 saturated carbocycles. The molecule has 3 heteroatoms. The number of nitrogens with zero attached hydrogens (tertiary/aromatic N) is 1. The minimum Gasteiger partial charge on any atom is -0.368 e. The van der Waals surface area contributed by atoms with Crippen molar-refractivity contribution in [2.24, 2.45) is 11.3 Å². The molecule has 2 fully saturated rings. The summed E-state index contributed by atoms with van der Waals surface area (Å²) < 4.78 is 6.36. The Hall–Kier alpha value is -0.120. The minimum atomic E-state index is -0.0891. The molecule has 0 spiro atoms. The van der Waals surface area contributed by atoms with Gasteiger partial charge in [0.2, 0.25) is 0 Å². The standard InChI is InChI=1S/C17H34N2O/c1-15(2)9-8-10-19(12-15)11-13-14(18-7)17(5,6)20-16(13,3)4/h13-14,18H,8-12H2,1-7H3. The third kappa shape index (κ3) is 3.20. The van der Waals surface area contributed by atoms with E-state index < -0.39 is 0 Å². The van der Waals surface area contributed by atoms with Crippen molar-refractivity contribution >= 4 is 0 Å². The van der Waals surface area contributed by atoms with Crippen molar-refractivity contribution < 1.29 is 4.74 Å². The molecule has 2 saturated heterocycles. The Morgan fingerprint density at radius 3 is 2.30 bits per heavy atom. The lowest BCUT2D eigenvalue weighted by Gasteiger charge is -2.41. The van der Waals surface area contributed by atoms with Crippen LogP contribution < -0.4 is 5.32 Å². The van der Waals surface area contributed by atoms with Gasteiger partial charge in [-0.3, -0.25) is 0 Å². The van der Waals surface area contributed by atoms with Crippen LogP contribution in [0.15, 0.2) is 0 Å². The fraction of sp³-hybridized carbons (Fsp3) is 1.00. The lowest BCUT2D eigenvalue weighted by atomic mass is 9.80. The molecule has 0 aromatic rings. The third-order valence-electron chi connectivity index (χ3n) is 5.32. The quantitative estimate of drug-likeness (QED) is 0.861. The van der Waals surface area contributed by atoms with Crippen molar-refractivity contribution in [3.8, 4) is 0 Å². The average molecular weight is 282 g/mol. The molecule has 0 aromatic heterocycles. The molecule has 2 heterocycles. The van der Waals surface area contributed by atoms with Crippen LogP contribution >= 0.6 is 0 Å². The first-order valence-electron chi connectivity index (χ1n) is 8.17. The van der Waals surface area contributed by atoms with Gasteiger partial charge in [-0.25, -0.2) is 0 Å². The second-order valence-corrected chi connectivity index (χ2v) is 8.68. The van der Waals surface area contributed by atoms with E-state index in [1.54, 1.807) is 0 Å².